The standard InChI is InChI=1S/C22H25F2N3O3S/c23-18-8-9-20(19(24)16-18)31(29,30)27-14-12-26(13-15-27)22(28)21(25-10-4-5-11-25)17-6-2-1-3-7-17/h1-3,6-9,16,21H,4-5,10-15H2. The number of hydrogen-bond donors (Lipinski definition) is 0. The molecule has 2 aromatic rings. The molecule has 1 unspecified atom stereocenters. The van der Waals surface area contributed by atoms with E-state index in [1.54, 1.807) is 4.90 Å². The summed E-state index contributed by atoms with van der Waals surface area (Å²) in [7, 11) is -4.10. The molecule has 2 aliphatic rings. The highest BCUT2D eigenvalue weighted by Crippen LogP contribution is 2.28. The third kappa shape index (κ3) is 4.49. The first kappa shape index (κ1) is 21.9. The zero-order valence-corrected chi connectivity index (χ0v) is 17.9. The lowest BCUT2D eigenvalue weighted by molar-refractivity contribution is -0.138. The number of amides is 1. The van der Waals surface area contributed by atoms with E-state index in [9.17, 15) is 22.0 Å². The molecule has 0 spiro atoms. The van der Waals surface area contributed by atoms with Gasteiger partial charge in [0, 0.05) is 32.2 Å². The molecule has 0 radical (unpaired) electrons. The molecule has 9 heteroatoms. The predicted octanol–water partition coefficient (Wildman–Crippen LogP) is 2.63. The van der Waals surface area contributed by atoms with Crippen LogP contribution in [0.25, 0.3) is 0 Å². The molecule has 1 atom stereocenters. The van der Waals surface area contributed by atoms with Crippen molar-refractivity contribution in [1.29, 1.82) is 0 Å². The van der Waals surface area contributed by atoms with Crippen molar-refractivity contribution < 1.29 is 22.0 Å². The van der Waals surface area contributed by atoms with E-state index in [0.29, 0.717) is 6.07 Å². The predicted molar refractivity (Wildman–Crippen MR) is 112 cm³/mol. The average molecular weight is 450 g/mol. The van der Waals surface area contributed by atoms with E-state index in [1.807, 2.05) is 30.3 Å². The van der Waals surface area contributed by atoms with Crippen LogP contribution in [0.5, 0.6) is 0 Å². The molecule has 1 amide bonds. The fraction of sp³-hybridized carbons (Fsp3) is 0.409. The molecule has 0 saturated carbocycles. The minimum absolute atomic E-state index is 0.0434. The molecule has 2 aromatic carbocycles. The fourth-order valence-corrected chi connectivity index (χ4v) is 5.76. The van der Waals surface area contributed by atoms with Crippen LogP contribution < -0.4 is 0 Å². The largest absolute Gasteiger partial charge is 0.338 e. The highest BCUT2D eigenvalue weighted by Gasteiger charge is 2.36. The molecule has 166 valence electrons. The van der Waals surface area contributed by atoms with Crippen LogP contribution >= 0.6 is 0 Å². The van der Waals surface area contributed by atoms with Gasteiger partial charge in [0.1, 0.15) is 22.6 Å². The van der Waals surface area contributed by atoms with Gasteiger partial charge in [-0.1, -0.05) is 30.3 Å². The summed E-state index contributed by atoms with van der Waals surface area (Å²) in [6, 6.07) is 11.7. The highest BCUT2D eigenvalue weighted by atomic mass is 32.2. The normalized spacial score (nSPS) is 19.5. The molecule has 2 heterocycles. The van der Waals surface area contributed by atoms with Crippen LogP contribution in [0.4, 0.5) is 8.78 Å². The van der Waals surface area contributed by atoms with Crippen LogP contribution in [0.1, 0.15) is 24.4 Å². The Morgan fingerprint density at radius 2 is 1.52 bits per heavy atom. The van der Waals surface area contributed by atoms with Gasteiger partial charge in [-0.2, -0.15) is 4.31 Å². The smallest absolute Gasteiger partial charge is 0.246 e. The van der Waals surface area contributed by atoms with Crippen molar-refractivity contribution in [2.75, 3.05) is 39.3 Å². The molecular formula is C22H25F2N3O3S. The minimum atomic E-state index is -4.10. The van der Waals surface area contributed by atoms with Gasteiger partial charge in [-0.3, -0.25) is 9.69 Å². The van der Waals surface area contributed by atoms with E-state index in [-0.39, 0.29) is 38.1 Å². The van der Waals surface area contributed by atoms with Gasteiger partial charge < -0.3 is 4.90 Å². The van der Waals surface area contributed by atoms with Crippen molar-refractivity contribution in [3.8, 4) is 0 Å². The summed E-state index contributed by atoms with van der Waals surface area (Å²) in [5.74, 6) is -1.99. The molecule has 2 fully saturated rings. The summed E-state index contributed by atoms with van der Waals surface area (Å²) in [6.07, 6.45) is 2.09. The van der Waals surface area contributed by atoms with Crippen LogP contribution in [0.2, 0.25) is 0 Å². The summed E-state index contributed by atoms with van der Waals surface area (Å²) in [5.41, 5.74) is 0.929. The van der Waals surface area contributed by atoms with Gasteiger partial charge in [-0.25, -0.2) is 17.2 Å². The number of nitrogens with zero attached hydrogens (tertiary/aromatic N) is 3. The van der Waals surface area contributed by atoms with Crippen LogP contribution in [0.3, 0.4) is 0 Å². The van der Waals surface area contributed by atoms with Crippen LogP contribution in [0, 0.1) is 11.6 Å². The zero-order valence-electron chi connectivity index (χ0n) is 17.1. The number of carbonyl (C=O) groups excluding carboxylic acids is 1. The first-order chi connectivity index (χ1) is 14.9. The first-order valence-electron chi connectivity index (χ1n) is 10.4. The number of rotatable bonds is 5. The molecule has 2 saturated heterocycles. The Morgan fingerprint density at radius 1 is 0.871 bits per heavy atom. The number of likely N-dealkylation sites (tertiary alicyclic amines) is 1. The SMILES string of the molecule is O=C(C(c1ccccc1)N1CCCC1)N1CCN(S(=O)(=O)c2ccc(F)cc2F)CC1. The fourth-order valence-electron chi connectivity index (χ4n) is 4.29. The van der Waals surface area contributed by atoms with Gasteiger partial charge in [0.2, 0.25) is 15.9 Å². The van der Waals surface area contributed by atoms with Gasteiger partial charge >= 0.3 is 0 Å². The van der Waals surface area contributed by atoms with Crippen LogP contribution in [0.15, 0.2) is 53.4 Å². The molecule has 0 aliphatic carbocycles. The Bertz CT molecular complexity index is 1040. The monoisotopic (exact) mass is 449 g/mol. The Kier molecular flexibility index (Phi) is 6.36. The quantitative estimate of drug-likeness (QED) is 0.704. The maximum Gasteiger partial charge on any atom is 0.246 e. The molecule has 31 heavy (non-hydrogen) atoms. The second-order valence-electron chi connectivity index (χ2n) is 7.86. The maximum atomic E-state index is 14.1. The van der Waals surface area contributed by atoms with E-state index in [1.165, 1.54) is 0 Å². The second-order valence-corrected chi connectivity index (χ2v) is 9.77. The lowest BCUT2D eigenvalue weighted by Crippen LogP contribution is -2.53. The van der Waals surface area contributed by atoms with Crippen molar-refractivity contribution in [2.45, 2.75) is 23.8 Å². The number of sulfonamides is 1. The number of halogens is 2. The van der Waals surface area contributed by atoms with E-state index >= 15 is 0 Å². The Labute approximate surface area is 181 Å². The molecule has 4 rings (SSSR count). The third-order valence-electron chi connectivity index (χ3n) is 5.92. The van der Waals surface area contributed by atoms with Gasteiger partial charge in [0.05, 0.1) is 0 Å². The van der Waals surface area contributed by atoms with Gasteiger partial charge in [0.15, 0.2) is 0 Å². The summed E-state index contributed by atoms with van der Waals surface area (Å²) in [6.45, 7) is 2.27. The minimum Gasteiger partial charge on any atom is -0.338 e. The summed E-state index contributed by atoms with van der Waals surface area (Å²) < 4.78 is 54.0. The molecule has 0 bridgehead atoms. The average Bonchev–Trinajstić information content (AvgIpc) is 3.29. The van der Waals surface area contributed by atoms with Crippen molar-refractivity contribution in [3.05, 3.63) is 65.7 Å². The molecule has 0 aromatic heterocycles. The van der Waals surface area contributed by atoms with Crippen molar-refractivity contribution in [3.63, 3.8) is 0 Å². The van der Waals surface area contributed by atoms with Crippen molar-refractivity contribution >= 4 is 15.9 Å². The van der Waals surface area contributed by atoms with E-state index in [4.69, 9.17) is 0 Å². The van der Waals surface area contributed by atoms with E-state index in [2.05, 4.69) is 4.90 Å². The summed E-state index contributed by atoms with van der Waals surface area (Å²) in [4.78, 5) is 16.7. The van der Waals surface area contributed by atoms with Crippen LogP contribution in [-0.4, -0.2) is 67.7 Å². The molecule has 0 N–H and O–H groups in total. The molecular weight excluding hydrogens is 424 g/mol. The first-order valence-corrected chi connectivity index (χ1v) is 11.8. The zero-order chi connectivity index (χ0) is 22.0. The lowest BCUT2D eigenvalue weighted by atomic mass is 10.0. The number of piperazine rings is 1. The lowest BCUT2D eigenvalue weighted by Gasteiger charge is -2.38. The van der Waals surface area contributed by atoms with E-state index < -0.39 is 26.6 Å². The number of benzene rings is 2. The van der Waals surface area contributed by atoms with Gasteiger partial charge in [-0.15, -0.1) is 0 Å². The van der Waals surface area contributed by atoms with Crippen molar-refractivity contribution in [2.24, 2.45) is 0 Å². The van der Waals surface area contributed by atoms with Crippen LogP contribution in [-0.2, 0) is 14.8 Å². The summed E-state index contributed by atoms with van der Waals surface area (Å²) in [5, 5.41) is 0. The third-order valence-corrected chi connectivity index (χ3v) is 7.85. The Hall–Kier alpha value is -2.36. The van der Waals surface area contributed by atoms with Gasteiger partial charge in [-0.05, 0) is 43.6 Å². The number of hydrogen-bond acceptors (Lipinski definition) is 4. The molecule has 6 nitrogen and oxygen atoms in total. The maximum absolute atomic E-state index is 14.1. The molecule has 2 aliphatic heterocycles. The van der Waals surface area contributed by atoms with E-state index in [0.717, 1.165) is 47.9 Å². The summed E-state index contributed by atoms with van der Waals surface area (Å²) >= 11 is 0. The Morgan fingerprint density at radius 3 is 2.13 bits per heavy atom. The number of carbonyl (C=O) groups is 1. The highest BCUT2D eigenvalue weighted by molar-refractivity contribution is 7.89. The van der Waals surface area contributed by atoms with Gasteiger partial charge in [0.25, 0.3) is 0 Å². The Balaban J connectivity index is 1.49. The second kappa shape index (κ2) is 9.02. The topological polar surface area (TPSA) is 60.9 Å². The van der Waals surface area contributed by atoms with Crippen molar-refractivity contribution in [1.82, 2.24) is 14.1 Å².